The maximum atomic E-state index is 12.0. The molecule has 17 heteroatoms. The fourth-order valence-electron chi connectivity index (χ4n) is 3.95. The van der Waals surface area contributed by atoms with Gasteiger partial charge in [-0.3, -0.25) is 14.4 Å². The van der Waals surface area contributed by atoms with Gasteiger partial charge in [-0.2, -0.15) is 0 Å². The van der Waals surface area contributed by atoms with Gasteiger partial charge in [-0.15, -0.1) is 0 Å². The van der Waals surface area contributed by atoms with Gasteiger partial charge in [-0.25, -0.2) is 4.79 Å². The van der Waals surface area contributed by atoms with Crippen molar-refractivity contribution in [3.63, 3.8) is 0 Å². The molecule has 0 aliphatic carbocycles. The first-order valence-electron chi connectivity index (χ1n) is 18.3. The van der Waals surface area contributed by atoms with Crippen LogP contribution < -0.4 is 0 Å². The van der Waals surface area contributed by atoms with Crippen molar-refractivity contribution < 1.29 is 81.1 Å². The summed E-state index contributed by atoms with van der Waals surface area (Å²) < 4.78 is 64.4. The molecule has 0 amide bonds. The molecule has 1 unspecified atom stereocenters. The molecule has 0 spiro atoms. The second-order valence-corrected chi connectivity index (χ2v) is 11.0. The number of aliphatic carboxylic acids is 1. The van der Waals surface area contributed by atoms with Crippen LogP contribution in [-0.4, -0.2) is 174 Å². The minimum atomic E-state index is -1.57. The molecular formula is C35H64O17. The van der Waals surface area contributed by atoms with Crippen LogP contribution in [0.3, 0.4) is 0 Å². The number of carbonyl (C=O) groups excluding carboxylic acids is 3. The molecule has 1 atom stereocenters. The largest absolute Gasteiger partial charge is 0.476 e. The van der Waals surface area contributed by atoms with Crippen molar-refractivity contribution in [2.24, 2.45) is 5.92 Å². The van der Waals surface area contributed by atoms with Crippen LogP contribution >= 0.6 is 0 Å². The highest BCUT2D eigenvalue weighted by atomic mass is 16.6. The Morgan fingerprint density at radius 3 is 1.04 bits per heavy atom. The molecule has 0 aliphatic rings. The zero-order valence-electron chi connectivity index (χ0n) is 31.4. The van der Waals surface area contributed by atoms with Crippen molar-refractivity contribution in [3.8, 4) is 0 Å². The van der Waals surface area contributed by atoms with Gasteiger partial charge in [0.05, 0.1) is 144 Å². The summed E-state index contributed by atoms with van der Waals surface area (Å²) in [4.78, 5) is 44.7. The third-order valence-electron chi connectivity index (χ3n) is 6.84. The molecule has 0 heterocycles. The summed E-state index contributed by atoms with van der Waals surface area (Å²) in [7, 11) is 0. The molecule has 0 saturated carbocycles. The van der Waals surface area contributed by atoms with E-state index in [1.807, 2.05) is 6.92 Å². The Kier molecular flexibility index (Phi) is 38.1. The Morgan fingerprint density at radius 2 is 0.750 bits per heavy atom. The standard InChI is InChI=1S/C35H64O17/c1-3-5-6-31(4-2)35(40)52-30-28-50-26-24-48-22-20-46-18-16-44-14-12-42-10-9-41-11-13-43-15-17-45-19-21-47-23-25-49-27-29-51-33(37)8-7-32(36)34(38)39/h31H,3-30H2,1-2H3,(H,38,39). The zero-order valence-corrected chi connectivity index (χ0v) is 31.4. The summed E-state index contributed by atoms with van der Waals surface area (Å²) in [6.45, 7) is 12.8. The van der Waals surface area contributed by atoms with Gasteiger partial charge in [0, 0.05) is 6.42 Å². The predicted octanol–water partition coefficient (Wildman–Crippen LogP) is 1.89. The number of carboxylic acids is 1. The van der Waals surface area contributed by atoms with Crippen LogP contribution in [0.25, 0.3) is 0 Å². The highest BCUT2D eigenvalue weighted by Crippen LogP contribution is 2.14. The van der Waals surface area contributed by atoms with Crippen molar-refractivity contribution in [1.82, 2.24) is 0 Å². The van der Waals surface area contributed by atoms with E-state index in [4.69, 9.17) is 61.9 Å². The average Bonchev–Trinajstić information content (AvgIpc) is 3.14. The lowest BCUT2D eigenvalue weighted by Gasteiger charge is -2.13. The number of ketones is 1. The Balaban J connectivity index is 3.19. The summed E-state index contributed by atoms with van der Waals surface area (Å²) in [5, 5.41) is 8.45. The van der Waals surface area contributed by atoms with E-state index in [1.54, 1.807) is 0 Å². The number of hydrogen-bond acceptors (Lipinski definition) is 16. The summed E-state index contributed by atoms with van der Waals surface area (Å²) in [5.74, 6) is -3.39. The molecule has 0 rings (SSSR count). The van der Waals surface area contributed by atoms with Gasteiger partial charge < -0.3 is 61.9 Å². The number of carbonyl (C=O) groups is 4. The zero-order chi connectivity index (χ0) is 38.2. The number of esters is 2. The minimum absolute atomic E-state index is 0.00978. The molecule has 52 heavy (non-hydrogen) atoms. The highest BCUT2D eigenvalue weighted by Gasteiger charge is 2.17. The van der Waals surface area contributed by atoms with Crippen molar-refractivity contribution >= 4 is 23.7 Å². The number of unbranched alkanes of at least 4 members (excludes halogenated alkanes) is 1. The summed E-state index contributed by atoms with van der Waals surface area (Å²) in [6, 6.07) is 0. The molecular weight excluding hydrogens is 692 g/mol. The molecule has 0 aromatic carbocycles. The van der Waals surface area contributed by atoms with E-state index < -0.39 is 17.7 Å². The van der Waals surface area contributed by atoms with E-state index in [1.165, 1.54) is 0 Å². The van der Waals surface area contributed by atoms with Crippen LogP contribution in [0.2, 0.25) is 0 Å². The Labute approximate surface area is 308 Å². The van der Waals surface area contributed by atoms with Crippen molar-refractivity contribution in [3.05, 3.63) is 0 Å². The van der Waals surface area contributed by atoms with Crippen LogP contribution in [0.1, 0.15) is 52.4 Å². The molecule has 0 aliphatic heterocycles. The summed E-state index contributed by atoms with van der Waals surface area (Å²) in [5.41, 5.74) is 0. The Bertz CT molecular complexity index is 844. The first-order valence-corrected chi connectivity index (χ1v) is 18.3. The first-order chi connectivity index (χ1) is 25.4. The van der Waals surface area contributed by atoms with Gasteiger partial charge >= 0.3 is 17.9 Å². The molecule has 0 radical (unpaired) electrons. The monoisotopic (exact) mass is 756 g/mol. The maximum absolute atomic E-state index is 12.0. The van der Waals surface area contributed by atoms with Crippen LogP contribution in [0.4, 0.5) is 0 Å². The lowest BCUT2D eigenvalue weighted by Crippen LogP contribution is -2.20. The van der Waals surface area contributed by atoms with E-state index in [9.17, 15) is 19.2 Å². The summed E-state index contributed by atoms with van der Waals surface area (Å²) >= 11 is 0. The van der Waals surface area contributed by atoms with Crippen molar-refractivity contribution in [2.45, 2.75) is 52.4 Å². The van der Waals surface area contributed by atoms with Crippen molar-refractivity contribution in [2.75, 3.05) is 145 Å². The van der Waals surface area contributed by atoms with Gasteiger partial charge in [0.1, 0.15) is 13.2 Å². The number of Topliss-reactive ketones (excluding diaryl/α,β-unsaturated/α-hetero) is 1. The quantitative estimate of drug-likeness (QED) is 0.0537. The molecule has 1 N–H and O–H groups in total. The highest BCUT2D eigenvalue weighted by molar-refractivity contribution is 6.32. The van der Waals surface area contributed by atoms with Crippen LogP contribution in [0, 0.1) is 5.92 Å². The van der Waals surface area contributed by atoms with E-state index in [2.05, 4.69) is 6.92 Å². The number of ether oxygens (including phenoxy) is 12. The molecule has 0 bridgehead atoms. The second-order valence-electron chi connectivity index (χ2n) is 11.0. The van der Waals surface area contributed by atoms with Crippen LogP contribution in [0.5, 0.6) is 0 Å². The SMILES string of the molecule is CCCCC(CC)C(=O)OCCOCCOCCOCCOCCOCCOCCOCCOCCOCCOCCOC(=O)CCC(=O)C(=O)O. The second kappa shape index (κ2) is 39.9. The third kappa shape index (κ3) is 36.1. The number of rotatable bonds is 42. The van der Waals surface area contributed by atoms with E-state index >= 15 is 0 Å². The Hall–Kier alpha value is -2.32. The topological polar surface area (TPSA) is 199 Å². The van der Waals surface area contributed by atoms with Gasteiger partial charge in [0.15, 0.2) is 0 Å². The predicted molar refractivity (Wildman–Crippen MR) is 185 cm³/mol. The third-order valence-corrected chi connectivity index (χ3v) is 6.84. The molecule has 17 nitrogen and oxygen atoms in total. The molecule has 0 aromatic heterocycles. The molecule has 306 valence electrons. The van der Waals surface area contributed by atoms with E-state index in [0.717, 1.165) is 25.7 Å². The smallest absolute Gasteiger partial charge is 0.372 e. The Morgan fingerprint density at radius 1 is 0.442 bits per heavy atom. The lowest BCUT2D eigenvalue weighted by atomic mass is 10.00. The fourth-order valence-corrected chi connectivity index (χ4v) is 3.95. The fraction of sp³-hybridized carbons (Fsp3) is 0.886. The van der Waals surface area contributed by atoms with Gasteiger partial charge in [0.25, 0.3) is 0 Å². The number of hydrogen-bond donors (Lipinski definition) is 1. The molecule has 0 fully saturated rings. The van der Waals surface area contributed by atoms with Crippen molar-refractivity contribution in [1.29, 1.82) is 0 Å². The number of carboxylic acid groups (broad SMARTS) is 1. The first kappa shape index (κ1) is 49.7. The normalized spacial score (nSPS) is 11.8. The molecule has 0 saturated heterocycles. The lowest BCUT2D eigenvalue weighted by molar-refractivity contribution is -0.151. The maximum Gasteiger partial charge on any atom is 0.372 e. The van der Waals surface area contributed by atoms with E-state index in [-0.39, 0.29) is 44.5 Å². The molecule has 0 aromatic rings. The van der Waals surface area contributed by atoms with E-state index in [0.29, 0.717) is 126 Å². The van der Waals surface area contributed by atoms with Gasteiger partial charge in [-0.05, 0) is 12.8 Å². The minimum Gasteiger partial charge on any atom is -0.476 e. The summed E-state index contributed by atoms with van der Waals surface area (Å²) in [6.07, 6.45) is 3.12. The van der Waals surface area contributed by atoms with Gasteiger partial charge in [0.2, 0.25) is 5.78 Å². The van der Waals surface area contributed by atoms with Gasteiger partial charge in [-0.1, -0.05) is 26.7 Å². The van der Waals surface area contributed by atoms with Crippen LogP contribution in [-0.2, 0) is 76.0 Å². The van der Waals surface area contributed by atoms with Crippen LogP contribution in [0.15, 0.2) is 0 Å². The average molecular weight is 757 g/mol.